The molecule has 2 aromatic carbocycles. The summed E-state index contributed by atoms with van der Waals surface area (Å²) < 4.78 is 20.9. The lowest BCUT2D eigenvalue weighted by molar-refractivity contribution is -0.219. The first-order valence-corrected chi connectivity index (χ1v) is 13.3. The number of hydrogen-bond acceptors (Lipinski definition) is 11. The van der Waals surface area contributed by atoms with Crippen LogP contribution in [0.15, 0.2) is 24.3 Å². The highest BCUT2D eigenvalue weighted by molar-refractivity contribution is 6.33. The predicted molar refractivity (Wildman–Crippen MR) is 152 cm³/mol. The van der Waals surface area contributed by atoms with Gasteiger partial charge in [0.25, 0.3) is 11.8 Å². The molecule has 3 atom stereocenters. The van der Waals surface area contributed by atoms with Gasteiger partial charge in [-0.2, -0.15) is 0 Å². The Kier molecular flexibility index (Phi) is 8.58. The van der Waals surface area contributed by atoms with E-state index in [4.69, 9.17) is 4.74 Å². The van der Waals surface area contributed by atoms with Crippen molar-refractivity contribution in [3.8, 4) is 11.5 Å². The normalized spacial score (nSPS) is 19.7. The van der Waals surface area contributed by atoms with Gasteiger partial charge in [-0.3, -0.25) is 19.4 Å². The molecule has 2 aliphatic rings. The van der Waals surface area contributed by atoms with Crippen molar-refractivity contribution in [3.05, 3.63) is 52.3 Å². The summed E-state index contributed by atoms with van der Waals surface area (Å²) in [5, 5.41) is 59.2. The molecule has 2 heterocycles. The first-order valence-electron chi connectivity index (χ1n) is 13.3. The van der Waals surface area contributed by atoms with E-state index in [1.807, 2.05) is 4.90 Å². The fraction of sp³-hybridized carbons (Fsp3) is 0.423. The number of phenols is 2. The second-order valence-corrected chi connectivity index (χ2v) is 10.7. The minimum atomic E-state index is -3.10. The van der Waals surface area contributed by atoms with Crippen molar-refractivity contribution in [2.24, 2.45) is 0 Å². The van der Waals surface area contributed by atoms with Crippen molar-refractivity contribution in [2.75, 3.05) is 38.7 Å². The second kappa shape index (κ2) is 11.5. The number of fused-ring (bicyclic) bond motifs is 1. The third-order valence-corrected chi connectivity index (χ3v) is 8.16. The zero-order valence-corrected chi connectivity index (χ0v) is 23.5. The molecule has 16 heteroatoms. The maximum atomic E-state index is 15.6. The van der Waals surface area contributed by atoms with Crippen LogP contribution in [0.2, 0.25) is 0 Å². The molecule has 2 aromatic rings. The lowest BCUT2D eigenvalue weighted by atomic mass is 9.54. The van der Waals surface area contributed by atoms with Crippen LogP contribution in [0.1, 0.15) is 27.0 Å². The van der Waals surface area contributed by atoms with Crippen LogP contribution >= 0.6 is 0 Å². The van der Waals surface area contributed by atoms with E-state index < -0.39 is 52.4 Å². The maximum Gasteiger partial charge on any atom is 0.275 e. The number of ether oxygens (including phenoxy) is 1. The van der Waals surface area contributed by atoms with Gasteiger partial charge in [0, 0.05) is 67.2 Å². The number of morpholine rings is 1. The highest BCUT2D eigenvalue weighted by atomic mass is 19.1. The topological polar surface area (TPSA) is 192 Å². The number of aldehydes is 1. The molecule has 0 saturated carbocycles. The van der Waals surface area contributed by atoms with Gasteiger partial charge in [-0.15, -0.1) is 0 Å². The molecular weight excluding hydrogens is 553 g/mol. The number of hydrogen-bond donors (Lipinski definition) is 7. The van der Waals surface area contributed by atoms with Gasteiger partial charge in [-0.1, -0.05) is 6.07 Å². The number of nitrogens with zero attached hydrogens (tertiary/aromatic N) is 2. The molecule has 4 rings (SSSR count). The van der Waals surface area contributed by atoms with Crippen molar-refractivity contribution in [1.82, 2.24) is 15.1 Å². The molecule has 0 radical (unpaired) electrons. The lowest BCUT2D eigenvalue weighted by Crippen LogP contribution is -2.79. The molecule has 0 bridgehead atoms. The standard InChI is InChI=1S/C26H33B2FN4O9/c1-30-23(38)25(40,26(28,41)24(27,39)13-34)33-12-16-14(22(33)37)3-2-4-18(16)31-10-15-19(35)9-20(36)17(21(15)29)11-32-5-7-42-8-6-32/h2-4,9,13,31,35-36,39-41H,5-8,10-12,27-28H2,1H3,(H,30,38). The Bertz CT molecular complexity index is 1400. The number of halogens is 1. The van der Waals surface area contributed by atoms with Crippen LogP contribution in [0.3, 0.4) is 0 Å². The SMILES string of the molecule is BC(O)(C=O)C(B)(O)C(O)(C(=O)NC)N1Cc2c(NCc3c(O)cc(O)c(CN4CCOCC4)c3F)cccc2C1=O. The minimum Gasteiger partial charge on any atom is -0.507 e. The average molecular weight is 586 g/mol. The summed E-state index contributed by atoms with van der Waals surface area (Å²) in [6.07, 6.45) is -0.0480. The number of carbonyl (C=O) groups is 3. The molecule has 42 heavy (non-hydrogen) atoms. The van der Waals surface area contributed by atoms with Crippen LogP contribution in [0.4, 0.5) is 10.1 Å². The van der Waals surface area contributed by atoms with E-state index in [-0.39, 0.29) is 47.3 Å². The third kappa shape index (κ3) is 5.09. The van der Waals surface area contributed by atoms with Crippen LogP contribution < -0.4 is 10.6 Å². The first-order chi connectivity index (χ1) is 19.7. The number of benzene rings is 2. The molecule has 7 N–H and O–H groups in total. The number of carbonyl (C=O) groups excluding carboxylic acids is 3. The van der Waals surface area contributed by atoms with Crippen LogP contribution in [-0.2, 0) is 34.0 Å². The van der Waals surface area contributed by atoms with Gasteiger partial charge in [0.15, 0.2) is 15.7 Å². The summed E-state index contributed by atoms with van der Waals surface area (Å²) in [5.74, 6) is -3.83. The van der Waals surface area contributed by atoms with Crippen molar-refractivity contribution in [2.45, 2.75) is 36.4 Å². The smallest absolute Gasteiger partial charge is 0.275 e. The molecule has 0 aromatic heterocycles. The Hall–Kier alpha value is -3.69. The summed E-state index contributed by atoms with van der Waals surface area (Å²) in [6, 6.07) is 5.52. The number of nitrogens with one attached hydrogen (secondary N) is 2. The number of rotatable bonds is 10. The number of aromatic hydroxyl groups is 2. The maximum absolute atomic E-state index is 15.6. The fourth-order valence-corrected chi connectivity index (χ4v) is 5.20. The Balaban J connectivity index is 1.65. The van der Waals surface area contributed by atoms with Gasteiger partial charge in [-0.05, 0) is 12.1 Å². The molecule has 224 valence electrons. The van der Waals surface area contributed by atoms with Crippen molar-refractivity contribution in [1.29, 1.82) is 0 Å². The Labute approximate surface area is 242 Å². The molecule has 2 amide bonds. The number of phenolic OH excluding ortho intramolecular Hbond substituents is 2. The fourth-order valence-electron chi connectivity index (χ4n) is 5.20. The van der Waals surface area contributed by atoms with Gasteiger partial charge in [0.2, 0.25) is 5.72 Å². The summed E-state index contributed by atoms with van der Waals surface area (Å²) in [6.45, 7) is 1.43. The number of amides is 2. The number of anilines is 1. The zero-order valence-electron chi connectivity index (χ0n) is 23.5. The molecule has 13 nitrogen and oxygen atoms in total. The monoisotopic (exact) mass is 586 g/mol. The summed E-state index contributed by atoms with van der Waals surface area (Å²) in [7, 11) is 2.89. The second-order valence-electron chi connectivity index (χ2n) is 10.7. The first kappa shape index (κ1) is 31.3. The third-order valence-electron chi connectivity index (χ3n) is 8.16. The molecule has 3 unspecified atom stereocenters. The van der Waals surface area contributed by atoms with E-state index in [9.17, 15) is 39.9 Å². The lowest BCUT2D eigenvalue weighted by Gasteiger charge is -2.49. The average Bonchev–Trinajstić information content (AvgIpc) is 3.31. The van der Waals surface area contributed by atoms with E-state index in [0.29, 0.717) is 31.2 Å². The van der Waals surface area contributed by atoms with E-state index in [1.165, 1.54) is 12.1 Å². The van der Waals surface area contributed by atoms with Gasteiger partial charge in [-0.25, -0.2) is 4.39 Å². The van der Waals surface area contributed by atoms with Crippen molar-refractivity contribution in [3.63, 3.8) is 0 Å². The quantitative estimate of drug-likeness (QED) is 0.110. The van der Waals surface area contributed by atoms with Gasteiger partial charge in [0.05, 0.1) is 19.8 Å². The van der Waals surface area contributed by atoms with Crippen LogP contribution in [0.25, 0.3) is 0 Å². The van der Waals surface area contributed by atoms with Crippen LogP contribution in [-0.4, -0.2) is 119 Å². The predicted octanol–water partition coefficient (Wildman–Crippen LogP) is -3.09. The van der Waals surface area contributed by atoms with Gasteiger partial charge >= 0.3 is 0 Å². The highest BCUT2D eigenvalue weighted by Crippen LogP contribution is 2.40. The van der Waals surface area contributed by atoms with E-state index in [1.54, 1.807) is 6.07 Å². The summed E-state index contributed by atoms with van der Waals surface area (Å²) in [4.78, 5) is 40.5. The van der Waals surface area contributed by atoms with Gasteiger partial charge in [0.1, 0.15) is 34.6 Å². The Morgan fingerprint density at radius 1 is 1.14 bits per heavy atom. The number of aliphatic hydroxyl groups is 3. The molecule has 0 spiro atoms. The molecule has 2 aliphatic heterocycles. The minimum absolute atomic E-state index is 0.00578. The Morgan fingerprint density at radius 2 is 1.79 bits per heavy atom. The van der Waals surface area contributed by atoms with E-state index in [0.717, 1.165) is 28.8 Å². The molecule has 0 aliphatic carbocycles. The van der Waals surface area contributed by atoms with Crippen molar-refractivity contribution >= 4 is 39.5 Å². The van der Waals surface area contributed by atoms with Crippen LogP contribution in [0.5, 0.6) is 11.5 Å². The highest BCUT2D eigenvalue weighted by Gasteiger charge is 2.65. The molecule has 1 fully saturated rings. The molecular formula is C26H33B2FN4O9. The van der Waals surface area contributed by atoms with Crippen LogP contribution in [0, 0.1) is 5.82 Å². The van der Waals surface area contributed by atoms with Gasteiger partial charge < -0.3 is 45.7 Å². The molecule has 1 saturated heterocycles. The van der Waals surface area contributed by atoms with Crippen molar-refractivity contribution < 1.29 is 49.0 Å². The zero-order chi connectivity index (χ0) is 31.0. The Morgan fingerprint density at radius 3 is 2.40 bits per heavy atom. The summed E-state index contributed by atoms with van der Waals surface area (Å²) in [5.41, 5.74) is -8.18. The van der Waals surface area contributed by atoms with E-state index in [2.05, 4.69) is 10.6 Å². The largest absolute Gasteiger partial charge is 0.507 e. The summed E-state index contributed by atoms with van der Waals surface area (Å²) >= 11 is 0. The number of likely N-dealkylation sites (N-methyl/N-ethyl adjacent to an activating group) is 1. The van der Waals surface area contributed by atoms with E-state index >= 15 is 4.39 Å².